The number of hydrogen-bond donors (Lipinski definition) is 0. The number of non-ortho nitro benzene ring substituents is 1. The Labute approximate surface area is 143 Å². The monoisotopic (exact) mass is 344 g/mol. The fourth-order valence-corrected chi connectivity index (χ4v) is 2.82. The molecule has 0 atom stereocenters. The van der Waals surface area contributed by atoms with Gasteiger partial charge in [-0.25, -0.2) is 4.39 Å². The number of nitro benzene ring substituents is 1. The number of rotatable bonds is 4. The number of aromatic nitrogens is 1. The molecule has 3 rings (SSSR count). The molecular weight excluding hydrogens is 327 g/mol. The van der Waals surface area contributed by atoms with Crippen molar-refractivity contribution in [2.75, 3.05) is 26.2 Å². The number of nitrogens with zero attached hydrogens (tertiary/aromatic N) is 4. The first-order chi connectivity index (χ1) is 12.0. The Bertz CT molecular complexity index is 777. The van der Waals surface area contributed by atoms with E-state index in [-0.39, 0.29) is 11.3 Å². The summed E-state index contributed by atoms with van der Waals surface area (Å²) in [5, 5.41) is 10.7. The molecule has 0 spiro atoms. The molecule has 1 saturated heterocycles. The first-order valence-electron chi connectivity index (χ1n) is 7.89. The van der Waals surface area contributed by atoms with E-state index in [2.05, 4.69) is 9.88 Å². The minimum absolute atomic E-state index is 0.131. The maximum atomic E-state index is 14.0. The van der Waals surface area contributed by atoms with Crippen LogP contribution in [-0.4, -0.2) is 51.8 Å². The van der Waals surface area contributed by atoms with Crippen LogP contribution in [-0.2, 0) is 6.54 Å². The molecule has 1 aliphatic rings. The second-order valence-electron chi connectivity index (χ2n) is 5.85. The maximum absolute atomic E-state index is 14.0. The molecule has 0 unspecified atom stereocenters. The highest BCUT2D eigenvalue weighted by molar-refractivity contribution is 5.94. The fraction of sp³-hybridized carbons (Fsp3) is 0.294. The lowest BCUT2D eigenvalue weighted by atomic mass is 10.1. The molecule has 0 radical (unpaired) electrons. The van der Waals surface area contributed by atoms with E-state index in [4.69, 9.17) is 0 Å². The number of carbonyl (C=O) groups is 1. The quantitative estimate of drug-likeness (QED) is 0.627. The van der Waals surface area contributed by atoms with E-state index >= 15 is 0 Å². The van der Waals surface area contributed by atoms with E-state index < -0.39 is 16.6 Å². The summed E-state index contributed by atoms with van der Waals surface area (Å²) in [6, 6.07) is 7.01. The molecule has 1 amide bonds. The summed E-state index contributed by atoms with van der Waals surface area (Å²) < 4.78 is 14.0. The first kappa shape index (κ1) is 17.0. The third-order valence-electron chi connectivity index (χ3n) is 4.21. The van der Waals surface area contributed by atoms with Crippen LogP contribution in [0.2, 0.25) is 0 Å². The van der Waals surface area contributed by atoms with Crippen molar-refractivity contribution in [3.05, 3.63) is 69.8 Å². The van der Waals surface area contributed by atoms with E-state index in [0.717, 1.165) is 24.2 Å². The SMILES string of the molecule is O=C(c1ccc([N+](=O)[O-])cc1F)N1CCN(Cc2ccncc2)CC1. The summed E-state index contributed by atoms with van der Waals surface area (Å²) in [6.07, 6.45) is 3.49. The Morgan fingerprint density at radius 3 is 2.44 bits per heavy atom. The fourth-order valence-electron chi connectivity index (χ4n) is 2.82. The van der Waals surface area contributed by atoms with Gasteiger partial charge in [0.15, 0.2) is 0 Å². The number of nitro groups is 1. The van der Waals surface area contributed by atoms with Crippen molar-refractivity contribution >= 4 is 11.6 Å². The second-order valence-corrected chi connectivity index (χ2v) is 5.85. The number of amides is 1. The molecule has 130 valence electrons. The molecule has 1 aromatic heterocycles. The average molecular weight is 344 g/mol. The van der Waals surface area contributed by atoms with Gasteiger partial charge in [-0.3, -0.25) is 24.8 Å². The maximum Gasteiger partial charge on any atom is 0.272 e. The Hall–Kier alpha value is -2.87. The van der Waals surface area contributed by atoms with Gasteiger partial charge in [0, 0.05) is 51.2 Å². The van der Waals surface area contributed by atoms with Crippen LogP contribution < -0.4 is 0 Å². The summed E-state index contributed by atoms with van der Waals surface area (Å²) in [4.78, 5) is 30.2. The largest absolute Gasteiger partial charge is 0.336 e. The summed E-state index contributed by atoms with van der Waals surface area (Å²) >= 11 is 0. The van der Waals surface area contributed by atoms with Gasteiger partial charge in [0.05, 0.1) is 16.6 Å². The van der Waals surface area contributed by atoms with E-state index in [1.807, 2.05) is 12.1 Å². The molecule has 8 heteroatoms. The van der Waals surface area contributed by atoms with Crippen LogP contribution in [0.25, 0.3) is 0 Å². The van der Waals surface area contributed by atoms with Gasteiger partial charge in [-0.1, -0.05) is 0 Å². The van der Waals surface area contributed by atoms with Crippen molar-refractivity contribution in [3.8, 4) is 0 Å². The van der Waals surface area contributed by atoms with Crippen LogP contribution >= 0.6 is 0 Å². The number of halogens is 1. The van der Waals surface area contributed by atoms with E-state index in [0.29, 0.717) is 26.2 Å². The molecule has 0 N–H and O–H groups in total. The highest BCUT2D eigenvalue weighted by Gasteiger charge is 2.25. The highest BCUT2D eigenvalue weighted by Crippen LogP contribution is 2.19. The lowest BCUT2D eigenvalue weighted by Gasteiger charge is -2.34. The van der Waals surface area contributed by atoms with Crippen LogP contribution in [0.1, 0.15) is 15.9 Å². The lowest BCUT2D eigenvalue weighted by Crippen LogP contribution is -2.48. The molecule has 7 nitrogen and oxygen atoms in total. The molecule has 0 bridgehead atoms. The van der Waals surface area contributed by atoms with E-state index in [9.17, 15) is 19.3 Å². The third-order valence-corrected chi connectivity index (χ3v) is 4.21. The molecule has 0 saturated carbocycles. The molecule has 25 heavy (non-hydrogen) atoms. The summed E-state index contributed by atoms with van der Waals surface area (Å²) in [6.45, 7) is 3.11. The molecule has 1 aromatic carbocycles. The van der Waals surface area contributed by atoms with Gasteiger partial charge < -0.3 is 4.90 Å². The van der Waals surface area contributed by atoms with Gasteiger partial charge in [0.2, 0.25) is 0 Å². The topological polar surface area (TPSA) is 79.6 Å². The molecule has 1 fully saturated rings. The van der Waals surface area contributed by atoms with Gasteiger partial charge in [-0.05, 0) is 23.8 Å². The normalized spacial score (nSPS) is 15.2. The van der Waals surface area contributed by atoms with E-state index in [1.165, 1.54) is 6.07 Å². The van der Waals surface area contributed by atoms with Crippen LogP contribution in [0.15, 0.2) is 42.7 Å². The minimum atomic E-state index is -0.863. The second kappa shape index (κ2) is 7.35. The number of benzene rings is 1. The standard InChI is InChI=1S/C17H17FN4O3/c18-16-11-14(22(24)25)1-2-15(16)17(23)21-9-7-20(8-10-21)12-13-3-5-19-6-4-13/h1-6,11H,7-10,12H2. The van der Waals surface area contributed by atoms with Gasteiger partial charge in [0.1, 0.15) is 5.82 Å². The number of pyridine rings is 1. The predicted octanol–water partition coefficient (Wildman–Crippen LogP) is 2.09. The van der Waals surface area contributed by atoms with Crippen LogP contribution in [0.3, 0.4) is 0 Å². The highest BCUT2D eigenvalue weighted by atomic mass is 19.1. The Morgan fingerprint density at radius 1 is 1.16 bits per heavy atom. The molecule has 0 aliphatic carbocycles. The zero-order chi connectivity index (χ0) is 17.8. The van der Waals surface area contributed by atoms with Gasteiger partial charge in [0.25, 0.3) is 11.6 Å². The van der Waals surface area contributed by atoms with Crippen molar-refractivity contribution in [2.24, 2.45) is 0 Å². The average Bonchev–Trinajstić information content (AvgIpc) is 2.62. The van der Waals surface area contributed by atoms with Gasteiger partial charge in [-0.2, -0.15) is 0 Å². The van der Waals surface area contributed by atoms with Crippen molar-refractivity contribution < 1.29 is 14.1 Å². The van der Waals surface area contributed by atoms with Crippen molar-refractivity contribution in [2.45, 2.75) is 6.54 Å². The smallest absolute Gasteiger partial charge is 0.272 e. The zero-order valence-corrected chi connectivity index (χ0v) is 13.5. The number of piperazine rings is 1. The zero-order valence-electron chi connectivity index (χ0n) is 13.5. The third kappa shape index (κ3) is 3.97. The lowest BCUT2D eigenvalue weighted by molar-refractivity contribution is -0.385. The van der Waals surface area contributed by atoms with Crippen LogP contribution in [0.4, 0.5) is 10.1 Å². The molecular formula is C17H17FN4O3. The Kier molecular flexibility index (Phi) is 4.99. The van der Waals surface area contributed by atoms with E-state index in [1.54, 1.807) is 17.3 Å². The number of carbonyl (C=O) groups excluding carboxylic acids is 1. The van der Waals surface area contributed by atoms with Gasteiger partial charge in [-0.15, -0.1) is 0 Å². The van der Waals surface area contributed by atoms with Crippen molar-refractivity contribution in [1.29, 1.82) is 0 Å². The van der Waals surface area contributed by atoms with Crippen LogP contribution in [0, 0.1) is 15.9 Å². The molecule has 2 aromatic rings. The first-order valence-corrected chi connectivity index (χ1v) is 7.89. The minimum Gasteiger partial charge on any atom is -0.336 e. The predicted molar refractivity (Wildman–Crippen MR) is 88.5 cm³/mol. The summed E-state index contributed by atoms with van der Waals surface area (Å²) in [7, 11) is 0. The Morgan fingerprint density at radius 2 is 1.84 bits per heavy atom. The Balaban J connectivity index is 1.61. The summed E-state index contributed by atoms with van der Waals surface area (Å²) in [5.41, 5.74) is 0.653. The number of hydrogen-bond acceptors (Lipinski definition) is 5. The van der Waals surface area contributed by atoms with Crippen molar-refractivity contribution in [1.82, 2.24) is 14.8 Å². The molecule has 1 aliphatic heterocycles. The van der Waals surface area contributed by atoms with Crippen LogP contribution in [0.5, 0.6) is 0 Å². The molecule has 2 heterocycles. The summed E-state index contributed by atoms with van der Waals surface area (Å²) in [5.74, 6) is -1.30. The van der Waals surface area contributed by atoms with Crippen molar-refractivity contribution in [3.63, 3.8) is 0 Å². The van der Waals surface area contributed by atoms with Gasteiger partial charge >= 0.3 is 0 Å².